The number of allylic oxidation sites excluding steroid dienone is 4. The van der Waals surface area contributed by atoms with Gasteiger partial charge in [0.25, 0.3) is 0 Å². The Morgan fingerprint density at radius 3 is 2.83 bits per heavy atom. The lowest BCUT2D eigenvalue weighted by molar-refractivity contribution is -0.156. The lowest BCUT2D eigenvalue weighted by Crippen LogP contribution is -2.50. The monoisotopic (exact) mass is 328 g/mol. The number of hydrogen-bond acceptors (Lipinski definition) is 3. The van der Waals surface area contributed by atoms with E-state index in [1.807, 2.05) is 6.08 Å². The Morgan fingerprint density at radius 2 is 2.08 bits per heavy atom. The van der Waals surface area contributed by atoms with Gasteiger partial charge in [0.05, 0.1) is 0 Å². The minimum Gasteiger partial charge on any atom is -0.462 e. The van der Waals surface area contributed by atoms with Crippen molar-refractivity contribution in [1.82, 2.24) is 0 Å². The van der Waals surface area contributed by atoms with Gasteiger partial charge in [-0.2, -0.15) is 0 Å². The normalized spacial score (nSPS) is 46.6. The molecule has 0 N–H and O–H groups in total. The van der Waals surface area contributed by atoms with Crippen molar-refractivity contribution in [3.8, 4) is 0 Å². The molecule has 4 aliphatic rings. The van der Waals surface area contributed by atoms with E-state index in [4.69, 9.17) is 4.74 Å². The highest BCUT2D eigenvalue weighted by atomic mass is 16.5. The molecule has 0 amide bonds. The van der Waals surface area contributed by atoms with Crippen LogP contribution in [-0.2, 0) is 14.3 Å². The Labute approximate surface area is 144 Å². The summed E-state index contributed by atoms with van der Waals surface area (Å²) in [5.41, 5.74) is 1.36. The number of rotatable bonds is 1. The van der Waals surface area contributed by atoms with Crippen molar-refractivity contribution >= 4 is 11.8 Å². The largest absolute Gasteiger partial charge is 0.462 e. The molecule has 3 heteroatoms. The maximum Gasteiger partial charge on any atom is 0.302 e. The Morgan fingerprint density at radius 1 is 1.29 bits per heavy atom. The van der Waals surface area contributed by atoms with Gasteiger partial charge in [0.1, 0.15) is 6.10 Å². The number of esters is 1. The third-order valence-electron chi connectivity index (χ3n) is 7.39. The van der Waals surface area contributed by atoms with E-state index in [0.717, 1.165) is 25.7 Å². The van der Waals surface area contributed by atoms with E-state index in [0.29, 0.717) is 36.0 Å². The number of carbonyl (C=O) groups excluding carboxylic acids is 2. The first kappa shape index (κ1) is 16.1. The second-order valence-corrected chi connectivity index (χ2v) is 8.74. The van der Waals surface area contributed by atoms with Crippen LogP contribution in [0.2, 0.25) is 0 Å². The van der Waals surface area contributed by atoms with Crippen molar-refractivity contribution in [2.75, 3.05) is 0 Å². The molecule has 0 aromatic rings. The highest BCUT2D eigenvalue weighted by Gasteiger charge is 2.58. The van der Waals surface area contributed by atoms with Crippen LogP contribution in [0, 0.1) is 35.0 Å². The van der Waals surface area contributed by atoms with E-state index in [9.17, 15) is 9.59 Å². The molecule has 24 heavy (non-hydrogen) atoms. The van der Waals surface area contributed by atoms with Gasteiger partial charge in [-0.15, -0.1) is 0 Å². The molecular formula is C21H28O3. The number of hydrogen-bond donors (Lipinski definition) is 0. The van der Waals surface area contributed by atoms with Gasteiger partial charge in [0, 0.05) is 18.8 Å². The predicted octanol–water partition coefficient (Wildman–Crippen LogP) is 4.08. The minimum atomic E-state index is -0.146. The van der Waals surface area contributed by atoms with Gasteiger partial charge < -0.3 is 4.74 Å². The fourth-order valence-electron chi connectivity index (χ4n) is 6.58. The highest BCUT2D eigenvalue weighted by molar-refractivity contribution is 5.91. The molecule has 0 radical (unpaired) electrons. The Balaban J connectivity index is 1.68. The summed E-state index contributed by atoms with van der Waals surface area (Å²) in [6, 6.07) is 0. The SMILES string of the molecule is CC(=O)O[C@H]1CC[C@H]2[C@@H]3C=CC4=CC(=O)CC[C@@H]4[C@H]3C(C)C[C@]12C. The summed E-state index contributed by atoms with van der Waals surface area (Å²) < 4.78 is 5.71. The van der Waals surface area contributed by atoms with E-state index in [2.05, 4.69) is 26.0 Å². The molecule has 0 aliphatic heterocycles. The predicted molar refractivity (Wildman–Crippen MR) is 92.1 cm³/mol. The molecule has 0 aromatic heterocycles. The zero-order chi connectivity index (χ0) is 17.1. The van der Waals surface area contributed by atoms with Gasteiger partial charge in [-0.1, -0.05) is 26.0 Å². The van der Waals surface area contributed by atoms with Gasteiger partial charge >= 0.3 is 5.97 Å². The van der Waals surface area contributed by atoms with Crippen molar-refractivity contribution in [1.29, 1.82) is 0 Å². The molecule has 0 saturated heterocycles. The standard InChI is InChI=1S/C21H28O3/c1-12-11-21(3)18(8-9-19(21)24-13(2)22)17-6-4-14-10-15(23)5-7-16(14)20(12)17/h4,6,10,12,16-20H,5,7-9,11H2,1-3H3/t12?,16-,17-,18-,19-,20+,21-/m0/s1. The second kappa shape index (κ2) is 5.57. The summed E-state index contributed by atoms with van der Waals surface area (Å²) in [5.74, 6) is 3.08. The molecule has 0 spiro atoms. The summed E-state index contributed by atoms with van der Waals surface area (Å²) in [5, 5.41) is 0. The lowest BCUT2D eigenvalue weighted by Gasteiger charge is -2.54. The molecule has 130 valence electrons. The van der Waals surface area contributed by atoms with Crippen molar-refractivity contribution in [3.05, 3.63) is 23.8 Å². The minimum absolute atomic E-state index is 0.0710. The first-order valence-electron chi connectivity index (χ1n) is 9.50. The molecular weight excluding hydrogens is 300 g/mol. The van der Waals surface area contributed by atoms with Gasteiger partial charge in [0.15, 0.2) is 5.78 Å². The van der Waals surface area contributed by atoms with E-state index < -0.39 is 0 Å². The molecule has 1 unspecified atom stereocenters. The third kappa shape index (κ3) is 2.31. The van der Waals surface area contributed by atoms with Crippen LogP contribution in [0.3, 0.4) is 0 Å². The number of ether oxygens (including phenoxy) is 1. The first-order chi connectivity index (χ1) is 11.4. The maximum absolute atomic E-state index is 11.8. The van der Waals surface area contributed by atoms with Gasteiger partial charge in [-0.3, -0.25) is 9.59 Å². The fourth-order valence-corrected chi connectivity index (χ4v) is 6.58. The molecule has 4 aliphatic carbocycles. The molecule has 0 bridgehead atoms. The summed E-state index contributed by atoms with van der Waals surface area (Å²) in [6.45, 7) is 6.24. The van der Waals surface area contributed by atoms with E-state index >= 15 is 0 Å². The second-order valence-electron chi connectivity index (χ2n) is 8.74. The molecule has 2 fully saturated rings. The molecule has 0 aromatic carbocycles. The summed E-state index contributed by atoms with van der Waals surface area (Å²) in [4.78, 5) is 23.3. The summed E-state index contributed by atoms with van der Waals surface area (Å²) in [7, 11) is 0. The van der Waals surface area contributed by atoms with E-state index in [-0.39, 0.29) is 23.3 Å². The van der Waals surface area contributed by atoms with Crippen LogP contribution in [-0.4, -0.2) is 17.9 Å². The van der Waals surface area contributed by atoms with Crippen molar-refractivity contribution in [2.24, 2.45) is 35.0 Å². The van der Waals surface area contributed by atoms with Crippen LogP contribution in [0.5, 0.6) is 0 Å². The fraction of sp³-hybridized carbons (Fsp3) is 0.714. The molecule has 4 rings (SSSR count). The van der Waals surface area contributed by atoms with Crippen LogP contribution >= 0.6 is 0 Å². The van der Waals surface area contributed by atoms with Gasteiger partial charge in [0.2, 0.25) is 0 Å². The zero-order valence-corrected chi connectivity index (χ0v) is 15.0. The lowest BCUT2D eigenvalue weighted by atomic mass is 9.51. The molecule has 0 heterocycles. The highest BCUT2D eigenvalue weighted by Crippen LogP contribution is 2.62. The summed E-state index contributed by atoms with van der Waals surface area (Å²) >= 11 is 0. The molecule has 2 saturated carbocycles. The Kier molecular flexibility index (Phi) is 3.74. The maximum atomic E-state index is 11.8. The van der Waals surface area contributed by atoms with Crippen molar-refractivity contribution < 1.29 is 14.3 Å². The van der Waals surface area contributed by atoms with Crippen molar-refractivity contribution in [2.45, 2.75) is 59.0 Å². The average Bonchev–Trinajstić information content (AvgIpc) is 2.82. The number of ketones is 1. The van der Waals surface area contributed by atoms with Crippen LogP contribution in [0.4, 0.5) is 0 Å². The van der Waals surface area contributed by atoms with E-state index in [1.165, 1.54) is 12.5 Å². The average molecular weight is 328 g/mol. The zero-order valence-electron chi connectivity index (χ0n) is 15.0. The Bertz CT molecular complexity index is 631. The quantitative estimate of drug-likeness (QED) is 0.681. The molecule has 7 atom stereocenters. The molecule has 3 nitrogen and oxygen atoms in total. The van der Waals surface area contributed by atoms with E-state index in [1.54, 1.807) is 0 Å². The van der Waals surface area contributed by atoms with Gasteiger partial charge in [-0.05, 0) is 66.9 Å². The van der Waals surface area contributed by atoms with Crippen molar-refractivity contribution in [3.63, 3.8) is 0 Å². The number of fused-ring (bicyclic) bond motifs is 5. The third-order valence-corrected chi connectivity index (χ3v) is 7.39. The topological polar surface area (TPSA) is 43.4 Å². The van der Waals surface area contributed by atoms with Crippen LogP contribution < -0.4 is 0 Å². The van der Waals surface area contributed by atoms with Crippen LogP contribution in [0.25, 0.3) is 0 Å². The van der Waals surface area contributed by atoms with Crippen LogP contribution in [0.1, 0.15) is 52.9 Å². The first-order valence-corrected chi connectivity index (χ1v) is 9.50. The number of carbonyl (C=O) groups is 2. The summed E-state index contributed by atoms with van der Waals surface area (Å²) in [6.07, 6.45) is 11.5. The smallest absolute Gasteiger partial charge is 0.302 e. The van der Waals surface area contributed by atoms with Crippen LogP contribution in [0.15, 0.2) is 23.8 Å². The van der Waals surface area contributed by atoms with Gasteiger partial charge in [-0.25, -0.2) is 0 Å². The Hall–Kier alpha value is -1.38.